The Kier molecular flexibility index (Phi) is 3.81. The van der Waals surface area contributed by atoms with Gasteiger partial charge >= 0.3 is 5.97 Å². The summed E-state index contributed by atoms with van der Waals surface area (Å²) in [6.07, 6.45) is 0.677. The van der Waals surface area contributed by atoms with Gasteiger partial charge in [-0.3, -0.25) is 9.89 Å². The first-order chi connectivity index (χ1) is 9.27. The number of nitrogens with one attached hydrogen (secondary N) is 1. The van der Waals surface area contributed by atoms with Gasteiger partial charge in [0.1, 0.15) is 5.75 Å². The lowest BCUT2D eigenvalue weighted by molar-refractivity contribution is -0.142. The molecule has 2 aromatic rings. The summed E-state index contributed by atoms with van der Waals surface area (Å²) in [5.74, 6) is 0.277. The molecule has 0 saturated carbocycles. The molecule has 0 aliphatic heterocycles. The number of hydrogen-bond donors (Lipinski definition) is 2. The van der Waals surface area contributed by atoms with Crippen molar-refractivity contribution >= 4 is 16.9 Å². The number of nitrogens with zero attached hydrogens (tertiary/aromatic N) is 1. The topological polar surface area (TPSA) is 81.0 Å². The molecule has 0 fully saturated rings. The summed E-state index contributed by atoms with van der Waals surface area (Å²) in [7, 11) is 0. The molecule has 0 radical (unpaired) electrons. The molecule has 0 aliphatic carbocycles. The number of benzene rings is 1. The first-order valence-corrected chi connectivity index (χ1v) is 6.72. The van der Waals surface area contributed by atoms with Gasteiger partial charge in [-0.05, 0) is 45.9 Å². The number of carbonyl (C=O) groups is 1. The second kappa shape index (κ2) is 5.25. The van der Waals surface area contributed by atoms with E-state index < -0.39 is 5.41 Å². The first-order valence-electron chi connectivity index (χ1n) is 6.72. The van der Waals surface area contributed by atoms with E-state index in [2.05, 4.69) is 10.2 Å². The van der Waals surface area contributed by atoms with E-state index in [1.165, 1.54) is 0 Å². The number of hydrogen-bond acceptors (Lipinski definition) is 4. The second-order valence-electron chi connectivity index (χ2n) is 6.20. The van der Waals surface area contributed by atoms with Crippen molar-refractivity contribution in [2.24, 2.45) is 11.1 Å². The van der Waals surface area contributed by atoms with Crippen molar-refractivity contribution in [1.82, 2.24) is 10.2 Å². The largest absolute Gasteiger partial charge is 0.426 e. The van der Waals surface area contributed by atoms with Gasteiger partial charge in [0.15, 0.2) is 0 Å². The van der Waals surface area contributed by atoms with Crippen molar-refractivity contribution in [1.29, 1.82) is 0 Å². The van der Waals surface area contributed by atoms with Crippen LogP contribution in [0.2, 0.25) is 0 Å². The summed E-state index contributed by atoms with van der Waals surface area (Å²) in [5.41, 5.74) is 7.09. The fourth-order valence-corrected chi connectivity index (χ4v) is 1.83. The standard InChI is InChI=1S/C15H21N3O2/c1-9(16)7-13-11-8-10(5-6-12(11)17-18-13)20-14(19)15(2,3)4/h5-6,8-9H,7,16H2,1-4H3,(H,17,18). The summed E-state index contributed by atoms with van der Waals surface area (Å²) >= 11 is 0. The minimum atomic E-state index is -0.528. The predicted molar refractivity (Wildman–Crippen MR) is 78.5 cm³/mol. The van der Waals surface area contributed by atoms with Crippen LogP contribution in [0.1, 0.15) is 33.4 Å². The maximum Gasteiger partial charge on any atom is 0.316 e. The van der Waals surface area contributed by atoms with Crippen LogP contribution in [0.25, 0.3) is 10.9 Å². The number of esters is 1. The van der Waals surface area contributed by atoms with Crippen molar-refractivity contribution in [3.63, 3.8) is 0 Å². The molecule has 108 valence electrons. The molecule has 1 aromatic heterocycles. The first kappa shape index (κ1) is 14.5. The monoisotopic (exact) mass is 275 g/mol. The Morgan fingerprint density at radius 3 is 2.75 bits per heavy atom. The van der Waals surface area contributed by atoms with Crippen LogP contribution in [0.15, 0.2) is 18.2 Å². The van der Waals surface area contributed by atoms with Gasteiger partial charge < -0.3 is 10.5 Å². The Labute approximate surface area is 118 Å². The van der Waals surface area contributed by atoms with E-state index in [4.69, 9.17) is 10.5 Å². The molecule has 0 saturated heterocycles. The third kappa shape index (κ3) is 3.17. The van der Waals surface area contributed by atoms with E-state index in [1.807, 2.05) is 39.8 Å². The molecule has 20 heavy (non-hydrogen) atoms. The Hall–Kier alpha value is -1.88. The minimum absolute atomic E-state index is 0.0299. The highest BCUT2D eigenvalue weighted by molar-refractivity contribution is 5.84. The fraction of sp³-hybridized carbons (Fsp3) is 0.467. The van der Waals surface area contributed by atoms with Gasteiger partial charge in [0, 0.05) is 17.8 Å². The molecule has 0 aliphatic rings. The van der Waals surface area contributed by atoms with Gasteiger partial charge in [0.25, 0.3) is 0 Å². The normalized spacial score (nSPS) is 13.4. The van der Waals surface area contributed by atoms with Crippen LogP contribution in [-0.4, -0.2) is 22.2 Å². The van der Waals surface area contributed by atoms with Crippen molar-refractivity contribution in [2.45, 2.75) is 40.2 Å². The lowest BCUT2D eigenvalue weighted by Crippen LogP contribution is -2.25. The van der Waals surface area contributed by atoms with E-state index in [9.17, 15) is 4.79 Å². The average Bonchev–Trinajstić information content (AvgIpc) is 2.70. The molecule has 5 nitrogen and oxygen atoms in total. The quantitative estimate of drug-likeness (QED) is 0.665. The summed E-state index contributed by atoms with van der Waals surface area (Å²) in [6, 6.07) is 5.49. The summed E-state index contributed by atoms with van der Waals surface area (Å²) in [6.45, 7) is 7.41. The number of aromatic nitrogens is 2. The molecule has 5 heteroatoms. The number of H-pyrrole nitrogens is 1. The van der Waals surface area contributed by atoms with Crippen molar-refractivity contribution in [2.75, 3.05) is 0 Å². The highest BCUT2D eigenvalue weighted by Crippen LogP contribution is 2.25. The maximum atomic E-state index is 11.9. The zero-order chi connectivity index (χ0) is 14.9. The van der Waals surface area contributed by atoms with Crippen LogP contribution in [0, 0.1) is 5.41 Å². The molecule has 0 amide bonds. The molecular weight excluding hydrogens is 254 g/mol. The molecule has 0 bridgehead atoms. The number of ether oxygens (including phenoxy) is 1. The van der Waals surface area contributed by atoms with Gasteiger partial charge in [-0.2, -0.15) is 5.10 Å². The van der Waals surface area contributed by atoms with Gasteiger partial charge in [0.2, 0.25) is 0 Å². The van der Waals surface area contributed by atoms with Crippen molar-refractivity contribution < 1.29 is 9.53 Å². The van der Waals surface area contributed by atoms with Crippen LogP contribution < -0.4 is 10.5 Å². The molecule has 3 N–H and O–H groups in total. The van der Waals surface area contributed by atoms with E-state index in [1.54, 1.807) is 6.07 Å². The molecular formula is C15H21N3O2. The number of carbonyl (C=O) groups excluding carboxylic acids is 1. The number of aromatic amines is 1. The molecule has 0 spiro atoms. The Balaban J connectivity index is 2.30. The minimum Gasteiger partial charge on any atom is -0.426 e. The van der Waals surface area contributed by atoms with Crippen molar-refractivity contribution in [3.8, 4) is 5.75 Å². The van der Waals surface area contributed by atoms with Crippen molar-refractivity contribution in [3.05, 3.63) is 23.9 Å². The third-order valence-electron chi connectivity index (χ3n) is 2.95. The summed E-state index contributed by atoms with van der Waals surface area (Å²) in [4.78, 5) is 11.9. The third-order valence-corrected chi connectivity index (χ3v) is 2.95. The SMILES string of the molecule is CC(N)Cc1n[nH]c2ccc(OC(=O)C(C)(C)C)cc12. The van der Waals surface area contributed by atoms with Crippen LogP contribution >= 0.6 is 0 Å². The summed E-state index contributed by atoms with van der Waals surface area (Å²) < 4.78 is 5.40. The number of fused-ring (bicyclic) bond motifs is 1. The predicted octanol–water partition coefficient (Wildman–Crippen LogP) is 2.40. The molecule has 1 aromatic carbocycles. The zero-order valence-electron chi connectivity index (χ0n) is 12.4. The molecule has 1 unspecified atom stereocenters. The van der Waals surface area contributed by atoms with E-state index in [-0.39, 0.29) is 12.0 Å². The van der Waals surface area contributed by atoms with Crippen LogP contribution in [0.4, 0.5) is 0 Å². The van der Waals surface area contributed by atoms with Gasteiger partial charge in [-0.25, -0.2) is 0 Å². The van der Waals surface area contributed by atoms with Gasteiger partial charge in [-0.15, -0.1) is 0 Å². The van der Waals surface area contributed by atoms with Crippen LogP contribution in [0.3, 0.4) is 0 Å². The highest BCUT2D eigenvalue weighted by atomic mass is 16.5. The number of nitrogens with two attached hydrogens (primary N) is 1. The zero-order valence-corrected chi connectivity index (χ0v) is 12.4. The highest BCUT2D eigenvalue weighted by Gasteiger charge is 2.24. The summed E-state index contributed by atoms with van der Waals surface area (Å²) in [5, 5.41) is 8.16. The van der Waals surface area contributed by atoms with E-state index in [0.29, 0.717) is 12.2 Å². The Bertz CT molecular complexity index is 624. The number of rotatable bonds is 3. The second-order valence-corrected chi connectivity index (χ2v) is 6.20. The van der Waals surface area contributed by atoms with E-state index >= 15 is 0 Å². The van der Waals surface area contributed by atoms with Crippen LogP contribution in [0.5, 0.6) is 5.75 Å². The Morgan fingerprint density at radius 1 is 1.45 bits per heavy atom. The van der Waals surface area contributed by atoms with Crippen LogP contribution in [-0.2, 0) is 11.2 Å². The Morgan fingerprint density at radius 2 is 2.15 bits per heavy atom. The lowest BCUT2D eigenvalue weighted by Gasteiger charge is -2.16. The smallest absolute Gasteiger partial charge is 0.316 e. The van der Waals surface area contributed by atoms with E-state index in [0.717, 1.165) is 16.6 Å². The molecule has 1 atom stereocenters. The molecule has 1 heterocycles. The lowest BCUT2D eigenvalue weighted by atomic mass is 9.97. The molecule has 2 rings (SSSR count). The van der Waals surface area contributed by atoms with Gasteiger partial charge in [-0.1, -0.05) is 0 Å². The fourth-order valence-electron chi connectivity index (χ4n) is 1.83. The van der Waals surface area contributed by atoms with Gasteiger partial charge in [0.05, 0.1) is 16.6 Å². The maximum absolute atomic E-state index is 11.9. The average molecular weight is 275 g/mol.